The number of hydrogen-bond donors (Lipinski definition) is 1. The van der Waals surface area contributed by atoms with Crippen molar-refractivity contribution in [3.8, 4) is 0 Å². The summed E-state index contributed by atoms with van der Waals surface area (Å²) < 4.78 is 0. The summed E-state index contributed by atoms with van der Waals surface area (Å²) in [4.78, 5) is 11.2. The molecule has 0 aliphatic heterocycles. The Morgan fingerprint density at radius 3 is 2.05 bits per heavy atom. The minimum Gasteiger partial charge on any atom is -0.393 e. The van der Waals surface area contributed by atoms with E-state index >= 15 is 0 Å². The van der Waals surface area contributed by atoms with Crippen LogP contribution in [0.4, 0.5) is 0 Å². The average molecular weight is 270 g/mol. The molecule has 2 nitrogen and oxygen atoms in total. The Bertz CT molecular complexity index is 246. The fraction of sp³-hybridized carbons (Fsp3) is 0.941. The van der Waals surface area contributed by atoms with Crippen LogP contribution in [0, 0.1) is 23.2 Å². The van der Waals surface area contributed by atoms with Crippen molar-refractivity contribution < 1.29 is 9.90 Å². The normalized spacial score (nSPS) is 17.3. The molecule has 0 aromatic carbocycles. The van der Waals surface area contributed by atoms with E-state index in [1.165, 1.54) is 0 Å². The average Bonchev–Trinajstić information content (AvgIpc) is 2.35. The molecule has 0 fully saturated rings. The van der Waals surface area contributed by atoms with Crippen molar-refractivity contribution in [2.45, 2.75) is 79.8 Å². The van der Waals surface area contributed by atoms with Gasteiger partial charge >= 0.3 is 0 Å². The largest absolute Gasteiger partial charge is 0.393 e. The third kappa shape index (κ3) is 7.10. The third-order valence-corrected chi connectivity index (χ3v) is 4.71. The molecule has 114 valence electrons. The molecule has 0 radical (unpaired) electrons. The van der Waals surface area contributed by atoms with Gasteiger partial charge < -0.3 is 9.90 Å². The van der Waals surface area contributed by atoms with E-state index in [0.29, 0.717) is 5.92 Å². The van der Waals surface area contributed by atoms with Crippen LogP contribution in [0.25, 0.3) is 0 Å². The van der Waals surface area contributed by atoms with Crippen molar-refractivity contribution in [2.24, 2.45) is 23.2 Å². The molecular formula is C17H34O2. The van der Waals surface area contributed by atoms with Gasteiger partial charge in [-0.3, -0.25) is 0 Å². The smallest absolute Gasteiger partial charge is 0.123 e. The highest BCUT2D eigenvalue weighted by Crippen LogP contribution is 2.33. The van der Waals surface area contributed by atoms with Crippen LogP contribution in [0.1, 0.15) is 73.6 Å². The summed E-state index contributed by atoms with van der Waals surface area (Å²) in [5, 5.41) is 10.1. The van der Waals surface area contributed by atoms with Crippen molar-refractivity contribution in [1.29, 1.82) is 0 Å². The molecule has 0 spiro atoms. The molecule has 0 amide bonds. The minimum absolute atomic E-state index is 0.0738. The summed E-state index contributed by atoms with van der Waals surface area (Å²) in [6, 6.07) is 0. The van der Waals surface area contributed by atoms with E-state index < -0.39 is 0 Å². The van der Waals surface area contributed by atoms with Crippen LogP contribution in [0.2, 0.25) is 0 Å². The number of carbonyl (C=O) groups is 1. The molecule has 3 atom stereocenters. The second-order valence-electron chi connectivity index (χ2n) is 7.18. The van der Waals surface area contributed by atoms with E-state index in [0.717, 1.165) is 38.4 Å². The SMILES string of the molecule is CCC(C)(C)C(C=O)CCC(C)C(O)CCC(C)C. The lowest BCUT2D eigenvalue weighted by atomic mass is 9.74. The quantitative estimate of drug-likeness (QED) is 0.595. The van der Waals surface area contributed by atoms with Crippen molar-refractivity contribution >= 4 is 6.29 Å². The molecule has 0 aromatic rings. The number of aldehydes is 1. The summed E-state index contributed by atoms with van der Waals surface area (Å²) in [7, 11) is 0. The predicted octanol–water partition coefficient (Wildman–Crippen LogP) is 4.45. The van der Waals surface area contributed by atoms with Crippen molar-refractivity contribution in [3.05, 3.63) is 0 Å². The lowest BCUT2D eigenvalue weighted by Gasteiger charge is -2.30. The molecule has 1 N–H and O–H groups in total. The van der Waals surface area contributed by atoms with E-state index in [-0.39, 0.29) is 23.4 Å². The molecule has 3 unspecified atom stereocenters. The number of carbonyl (C=O) groups excluding carboxylic acids is 1. The van der Waals surface area contributed by atoms with E-state index in [4.69, 9.17) is 0 Å². The Hall–Kier alpha value is -0.370. The topological polar surface area (TPSA) is 37.3 Å². The molecule has 0 rings (SSSR count). The summed E-state index contributed by atoms with van der Waals surface area (Å²) in [5.41, 5.74) is 0.0738. The van der Waals surface area contributed by atoms with Gasteiger partial charge in [0, 0.05) is 5.92 Å². The van der Waals surface area contributed by atoms with E-state index in [2.05, 4.69) is 41.5 Å². The summed E-state index contributed by atoms with van der Waals surface area (Å²) in [6.07, 6.45) is 5.68. The molecule has 0 saturated carbocycles. The zero-order chi connectivity index (χ0) is 15.1. The molecular weight excluding hydrogens is 236 g/mol. The highest BCUT2D eigenvalue weighted by molar-refractivity contribution is 5.54. The van der Waals surface area contributed by atoms with Gasteiger partial charge in [0.25, 0.3) is 0 Å². The molecule has 0 heterocycles. The molecule has 0 aliphatic carbocycles. The highest BCUT2D eigenvalue weighted by Gasteiger charge is 2.28. The fourth-order valence-corrected chi connectivity index (χ4v) is 2.33. The second kappa shape index (κ2) is 8.73. The number of aliphatic hydroxyl groups is 1. The van der Waals surface area contributed by atoms with E-state index in [9.17, 15) is 9.90 Å². The molecule has 0 aromatic heterocycles. The second-order valence-corrected chi connectivity index (χ2v) is 7.18. The van der Waals surface area contributed by atoms with Gasteiger partial charge in [0.1, 0.15) is 6.29 Å². The highest BCUT2D eigenvalue weighted by atomic mass is 16.3. The maximum absolute atomic E-state index is 11.2. The Kier molecular flexibility index (Phi) is 8.56. The minimum atomic E-state index is -0.223. The van der Waals surface area contributed by atoms with Gasteiger partial charge in [0.05, 0.1) is 6.10 Å². The standard InChI is InChI=1S/C17H34O2/c1-7-17(5,6)15(12-18)10-9-14(4)16(19)11-8-13(2)3/h12-16,19H,7-11H2,1-6H3. The Labute approximate surface area is 120 Å². The van der Waals surface area contributed by atoms with Gasteiger partial charge in [0.2, 0.25) is 0 Å². The van der Waals surface area contributed by atoms with Crippen molar-refractivity contribution in [1.82, 2.24) is 0 Å². The van der Waals surface area contributed by atoms with Gasteiger partial charge in [-0.15, -0.1) is 0 Å². The van der Waals surface area contributed by atoms with Crippen LogP contribution in [-0.2, 0) is 4.79 Å². The van der Waals surface area contributed by atoms with Gasteiger partial charge in [-0.25, -0.2) is 0 Å². The Morgan fingerprint density at radius 2 is 1.63 bits per heavy atom. The van der Waals surface area contributed by atoms with Gasteiger partial charge in [0.15, 0.2) is 0 Å². The van der Waals surface area contributed by atoms with Gasteiger partial charge in [-0.1, -0.05) is 48.0 Å². The van der Waals surface area contributed by atoms with Gasteiger partial charge in [-0.2, -0.15) is 0 Å². The lowest BCUT2D eigenvalue weighted by Crippen LogP contribution is -2.26. The Balaban J connectivity index is 4.19. The van der Waals surface area contributed by atoms with Crippen molar-refractivity contribution in [2.75, 3.05) is 0 Å². The summed E-state index contributed by atoms with van der Waals surface area (Å²) in [5.74, 6) is 1.04. The maximum atomic E-state index is 11.2. The zero-order valence-electron chi connectivity index (χ0n) is 13.8. The fourth-order valence-electron chi connectivity index (χ4n) is 2.33. The van der Waals surface area contributed by atoms with E-state index in [1.807, 2.05) is 0 Å². The van der Waals surface area contributed by atoms with Crippen LogP contribution < -0.4 is 0 Å². The van der Waals surface area contributed by atoms with Crippen LogP contribution >= 0.6 is 0 Å². The molecule has 19 heavy (non-hydrogen) atoms. The zero-order valence-corrected chi connectivity index (χ0v) is 13.8. The first-order chi connectivity index (χ1) is 8.74. The molecule has 0 bridgehead atoms. The van der Waals surface area contributed by atoms with Gasteiger partial charge in [-0.05, 0) is 42.9 Å². The van der Waals surface area contributed by atoms with Crippen molar-refractivity contribution in [3.63, 3.8) is 0 Å². The monoisotopic (exact) mass is 270 g/mol. The van der Waals surface area contributed by atoms with Crippen LogP contribution in [-0.4, -0.2) is 17.5 Å². The Morgan fingerprint density at radius 1 is 1.05 bits per heavy atom. The number of rotatable bonds is 10. The summed E-state index contributed by atoms with van der Waals surface area (Å²) >= 11 is 0. The first-order valence-electron chi connectivity index (χ1n) is 7.87. The number of aliphatic hydroxyl groups excluding tert-OH is 1. The molecule has 2 heteroatoms. The number of hydrogen-bond acceptors (Lipinski definition) is 2. The van der Waals surface area contributed by atoms with Crippen LogP contribution in [0.15, 0.2) is 0 Å². The first kappa shape index (κ1) is 18.6. The lowest BCUT2D eigenvalue weighted by molar-refractivity contribution is -0.114. The third-order valence-electron chi connectivity index (χ3n) is 4.71. The molecule has 0 saturated heterocycles. The maximum Gasteiger partial charge on any atom is 0.123 e. The molecule has 0 aliphatic rings. The predicted molar refractivity (Wildman–Crippen MR) is 82.1 cm³/mol. The summed E-state index contributed by atoms with van der Waals surface area (Å²) in [6.45, 7) is 12.9. The van der Waals surface area contributed by atoms with Crippen LogP contribution in [0.5, 0.6) is 0 Å². The first-order valence-corrected chi connectivity index (χ1v) is 7.87. The van der Waals surface area contributed by atoms with E-state index in [1.54, 1.807) is 0 Å². The van der Waals surface area contributed by atoms with Crippen LogP contribution in [0.3, 0.4) is 0 Å².